The Balaban J connectivity index is 2.61. The van der Waals surface area contributed by atoms with Gasteiger partial charge in [-0.3, -0.25) is 0 Å². The third kappa shape index (κ3) is 3.52. The van der Waals surface area contributed by atoms with Crippen LogP contribution < -0.4 is 9.47 Å². The number of rotatable bonds is 3. The van der Waals surface area contributed by atoms with E-state index in [-0.39, 0.29) is 10.3 Å². The van der Waals surface area contributed by atoms with Crippen molar-refractivity contribution in [2.24, 2.45) is 0 Å². The van der Waals surface area contributed by atoms with E-state index in [2.05, 4.69) is 9.97 Å². The van der Waals surface area contributed by atoms with Gasteiger partial charge in [-0.25, -0.2) is 4.98 Å². The molecule has 2 rings (SSSR count). The van der Waals surface area contributed by atoms with Crippen LogP contribution in [0.5, 0.6) is 11.5 Å². The molecule has 112 valence electrons. The molecule has 0 bridgehead atoms. The number of halogens is 3. The van der Waals surface area contributed by atoms with Gasteiger partial charge >= 0.3 is 6.18 Å². The summed E-state index contributed by atoms with van der Waals surface area (Å²) in [6, 6.07) is 6.11. The first-order chi connectivity index (χ1) is 9.83. The number of nitrogens with one attached hydrogen (secondary N) is 1. The number of benzene rings is 1. The summed E-state index contributed by atoms with van der Waals surface area (Å²) in [5, 5.41) is 0. The number of aromatic amines is 1. The highest BCUT2D eigenvalue weighted by Crippen LogP contribution is 2.31. The van der Waals surface area contributed by atoms with Crippen molar-refractivity contribution in [1.82, 2.24) is 9.97 Å². The number of ether oxygens (including phenoxy) is 2. The highest BCUT2D eigenvalue weighted by Gasteiger charge is 2.34. The average Bonchev–Trinajstić information content (AvgIpc) is 2.45. The summed E-state index contributed by atoms with van der Waals surface area (Å²) in [6.07, 6.45) is -4.60. The number of hydrogen-bond acceptors (Lipinski definition) is 4. The van der Waals surface area contributed by atoms with E-state index in [9.17, 15) is 13.2 Å². The maximum atomic E-state index is 12.8. The number of methoxy groups -OCH3 is 2. The van der Waals surface area contributed by atoms with E-state index in [0.717, 1.165) is 0 Å². The van der Waals surface area contributed by atoms with Crippen molar-refractivity contribution in [2.45, 2.75) is 6.18 Å². The first-order valence-corrected chi connectivity index (χ1v) is 6.16. The molecule has 0 saturated heterocycles. The number of hydrogen-bond donors (Lipinski definition) is 1. The van der Waals surface area contributed by atoms with Crippen molar-refractivity contribution in [3.8, 4) is 22.8 Å². The highest BCUT2D eigenvalue weighted by molar-refractivity contribution is 7.71. The fraction of sp³-hybridized carbons (Fsp3) is 0.231. The number of nitrogens with zero attached hydrogens (tertiary/aromatic N) is 1. The fourth-order valence-corrected chi connectivity index (χ4v) is 1.92. The first-order valence-electron chi connectivity index (χ1n) is 5.75. The molecule has 0 aliphatic carbocycles. The smallest absolute Gasteiger partial charge is 0.449 e. The van der Waals surface area contributed by atoms with Gasteiger partial charge in [-0.05, 0) is 18.2 Å². The van der Waals surface area contributed by atoms with Crippen molar-refractivity contribution < 1.29 is 22.6 Å². The van der Waals surface area contributed by atoms with Gasteiger partial charge in [0.15, 0.2) is 0 Å². The third-order valence-corrected chi connectivity index (χ3v) is 2.88. The lowest BCUT2D eigenvalue weighted by Crippen LogP contribution is -2.11. The maximum Gasteiger partial charge on any atom is 0.449 e. The molecule has 0 fully saturated rings. The summed E-state index contributed by atoms with van der Waals surface area (Å²) in [4.78, 5) is 5.52. The van der Waals surface area contributed by atoms with Crippen LogP contribution in [0.1, 0.15) is 5.82 Å². The SMILES string of the molecule is COc1cc(OC)cc(-c2cc(=S)nc(C(F)(F)F)[nH]2)c1. The van der Waals surface area contributed by atoms with Gasteiger partial charge in [0.25, 0.3) is 0 Å². The molecule has 2 aromatic rings. The average molecular weight is 316 g/mol. The van der Waals surface area contributed by atoms with Gasteiger partial charge < -0.3 is 14.5 Å². The molecule has 0 unspecified atom stereocenters. The van der Waals surface area contributed by atoms with E-state index < -0.39 is 12.0 Å². The Morgan fingerprint density at radius 3 is 2.10 bits per heavy atom. The number of H-pyrrole nitrogens is 1. The summed E-state index contributed by atoms with van der Waals surface area (Å²) in [6.45, 7) is 0. The zero-order valence-electron chi connectivity index (χ0n) is 11.1. The van der Waals surface area contributed by atoms with E-state index in [1.807, 2.05) is 0 Å². The molecule has 1 heterocycles. The van der Waals surface area contributed by atoms with Crippen LogP contribution in [-0.2, 0) is 6.18 Å². The number of aromatic nitrogens is 2. The second kappa shape index (κ2) is 5.72. The van der Waals surface area contributed by atoms with Crippen molar-refractivity contribution in [2.75, 3.05) is 14.2 Å². The summed E-state index contributed by atoms with van der Waals surface area (Å²) < 4.78 is 48.3. The molecule has 0 amide bonds. The second-order valence-corrected chi connectivity index (χ2v) is 4.50. The van der Waals surface area contributed by atoms with Crippen LogP contribution in [-0.4, -0.2) is 24.2 Å². The molecule has 4 nitrogen and oxygen atoms in total. The van der Waals surface area contributed by atoms with Gasteiger partial charge in [-0.1, -0.05) is 12.2 Å². The molecule has 0 atom stereocenters. The van der Waals surface area contributed by atoms with Gasteiger partial charge in [-0.15, -0.1) is 0 Å². The Kier molecular flexibility index (Phi) is 4.17. The second-order valence-electron chi connectivity index (χ2n) is 4.08. The topological polar surface area (TPSA) is 47.1 Å². The monoisotopic (exact) mass is 316 g/mol. The maximum absolute atomic E-state index is 12.8. The quantitative estimate of drug-likeness (QED) is 0.874. The standard InChI is InChI=1S/C13H11F3N2O2S/c1-19-8-3-7(4-9(5-8)20-2)10-6-11(21)18-12(17-10)13(14,15)16/h3-6H,1-2H3,(H,17,18,21). The van der Waals surface area contributed by atoms with Crippen LogP contribution >= 0.6 is 12.2 Å². The van der Waals surface area contributed by atoms with Crippen LogP contribution in [0, 0.1) is 4.64 Å². The summed E-state index contributed by atoms with van der Waals surface area (Å²) in [5.41, 5.74) is 0.629. The lowest BCUT2D eigenvalue weighted by molar-refractivity contribution is -0.144. The summed E-state index contributed by atoms with van der Waals surface area (Å²) in [5.74, 6) is -0.241. The van der Waals surface area contributed by atoms with Crippen LogP contribution in [0.15, 0.2) is 24.3 Å². The van der Waals surface area contributed by atoms with Gasteiger partial charge in [0.05, 0.1) is 19.9 Å². The minimum absolute atomic E-state index is 0.155. The van der Waals surface area contributed by atoms with Crippen molar-refractivity contribution in [3.63, 3.8) is 0 Å². The van der Waals surface area contributed by atoms with E-state index in [0.29, 0.717) is 17.1 Å². The minimum atomic E-state index is -4.60. The summed E-state index contributed by atoms with van der Waals surface area (Å²) in [7, 11) is 2.91. The Morgan fingerprint density at radius 1 is 1.05 bits per heavy atom. The fourth-order valence-electron chi connectivity index (χ4n) is 1.71. The van der Waals surface area contributed by atoms with Gasteiger partial charge in [0.1, 0.15) is 16.1 Å². The molecule has 0 aliphatic rings. The summed E-state index contributed by atoms with van der Waals surface area (Å²) >= 11 is 4.78. The van der Waals surface area contributed by atoms with Gasteiger partial charge in [0.2, 0.25) is 5.82 Å². The Morgan fingerprint density at radius 2 is 1.62 bits per heavy atom. The minimum Gasteiger partial charge on any atom is -0.497 e. The van der Waals surface area contributed by atoms with E-state index in [1.165, 1.54) is 20.3 Å². The zero-order chi connectivity index (χ0) is 15.6. The highest BCUT2D eigenvalue weighted by atomic mass is 32.1. The molecule has 0 radical (unpaired) electrons. The molecule has 1 N–H and O–H groups in total. The molecule has 21 heavy (non-hydrogen) atoms. The third-order valence-electron chi connectivity index (χ3n) is 2.67. The molecular weight excluding hydrogens is 305 g/mol. The van der Waals surface area contributed by atoms with Crippen LogP contribution in [0.3, 0.4) is 0 Å². The molecule has 0 spiro atoms. The predicted molar refractivity (Wildman–Crippen MR) is 73.0 cm³/mol. The molecule has 8 heteroatoms. The Labute approximate surface area is 123 Å². The van der Waals surface area contributed by atoms with Crippen LogP contribution in [0.4, 0.5) is 13.2 Å². The van der Waals surface area contributed by atoms with Crippen molar-refractivity contribution in [3.05, 3.63) is 34.7 Å². The predicted octanol–water partition coefficient (Wildman–Crippen LogP) is 3.84. The Hall–Kier alpha value is -2.09. The lowest BCUT2D eigenvalue weighted by Gasteiger charge is -2.11. The Bertz CT molecular complexity index is 691. The molecule has 0 saturated carbocycles. The lowest BCUT2D eigenvalue weighted by atomic mass is 10.1. The van der Waals surface area contributed by atoms with E-state index >= 15 is 0 Å². The van der Waals surface area contributed by atoms with Crippen molar-refractivity contribution >= 4 is 12.2 Å². The van der Waals surface area contributed by atoms with Gasteiger partial charge in [-0.2, -0.15) is 13.2 Å². The first kappa shape index (κ1) is 15.3. The van der Waals surface area contributed by atoms with Gasteiger partial charge in [0, 0.05) is 11.6 Å². The normalized spacial score (nSPS) is 11.3. The molecule has 1 aromatic carbocycles. The van der Waals surface area contributed by atoms with E-state index in [1.54, 1.807) is 18.2 Å². The largest absolute Gasteiger partial charge is 0.497 e. The zero-order valence-corrected chi connectivity index (χ0v) is 11.9. The van der Waals surface area contributed by atoms with Crippen molar-refractivity contribution in [1.29, 1.82) is 0 Å². The van der Waals surface area contributed by atoms with E-state index in [4.69, 9.17) is 21.7 Å². The molecule has 1 aromatic heterocycles. The van der Waals surface area contributed by atoms with Crippen LogP contribution in [0.25, 0.3) is 11.3 Å². The molecule has 0 aliphatic heterocycles. The molecular formula is C13H11F3N2O2S. The van der Waals surface area contributed by atoms with Crippen LogP contribution in [0.2, 0.25) is 0 Å². The number of alkyl halides is 3.